The van der Waals surface area contributed by atoms with Gasteiger partial charge in [0.05, 0.1) is 6.61 Å². The van der Waals surface area contributed by atoms with E-state index in [4.69, 9.17) is 9.47 Å². The summed E-state index contributed by atoms with van der Waals surface area (Å²) in [6.07, 6.45) is 4.28. The molecule has 25 heavy (non-hydrogen) atoms. The Labute approximate surface area is 149 Å². The molecule has 2 fully saturated rings. The van der Waals surface area contributed by atoms with Gasteiger partial charge in [-0.3, -0.25) is 4.79 Å². The van der Waals surface area contributed by atoms with Gasteiger partial charge in [-0.25, -0.2) is 4.79 Å². The molecule has 0 heterocycles. The summed E-state index contributed by atoms with van der Waals surface area (Å²) in [4.78, 5) is 23.9. The minimum atomic E-state index is -0.383. The summed E-state index contributed by atoms with van der Waals surface area (Å²) in [5, 5.41) is 3.03. The maximum atomic E-state index is 12.2. The molecule has 3 rings (SSSR count). The lowest BCUT2D eigenvalue weighted by Gasteiger charge is -2.31. The van der Waals surface area contributed by atoms with Crippen molar-refractivity contribution in [3.05, 3.63) is 35.9 Å². The fraction of sp³-hybridized carbons (Fsp3) is 0.600. The minimum Gasteiger partial charge on any atom is -0.465 e. The molecule has 2 saturated carbocycles. The zero-order valence-corrected chi connectivity index (χ0v) is 14.8. The van der Waals surface area contributed by atoms with E-state index in [1.807, 2.05) is 37.3 Å². The number of carbonyl (C=O) groups excluding carboxylic acids is 2. The highest BCUT2D eigenvalue weighted by atomic mass is 16.5. The molecule has 0 saturated heterocycles. The minimum absolute atomic E-state index is 0.0523. The van der Waals surface area contributed by atoms with Gasteiger partial charge in [-0.15, -0.1) is 0 Å². The van der Waals surface area contributed by atoms with Crippen molar-refractivity contribution in [1.29, 1.82) is 0 Å². The van der Waals surface area contributed by atoms with Crippen molar-refractivity contribution in [1.82, 2.24) is 5.32 Å². The molecule has 0 aromatic heterocycles. The largest absolute Gasteiger partial charge is 0.465 e. The molecule has 0 unspecified atom stereocenters. The number of carbonyl (C=O) groups is 2. The standard InChI is InChI=1S/C20H27NO4/c1-2-6-18(22)24-13-17-15-9-10-16(11-15)19(17)21-20(23)25-12-14-7-4-3-5-8-14/h3-5,7-8,15-17,19H,2,6,9-13H2,1H3,(H,21,23)/t15-,16+,17+,19-/m0/s1. The molecule has 1 aromatic carbocycles. The normalized spacial score (nSPS) is 27.1. The lowest BCUT2D eigenvalue weighted by molar-refractivity contribution is -0.145. The van der Waals surface area contributed by atoms with Crippen LogP contribution < -0.4 is 5.32 Å². The summed E-state index contributed by atoms with van der Waals surface area (Å²) in [5.74, 6) is 1.09. The SMILES string of the molecule is CCCC(=O)OC[C@@H]1[C@H]2CC[C@H](C2)[C@@H]1NC(=O)OCc1ccccc1. The highest BCUT2D eigenvalue weighted by Gasteiger charge is 2.48. The summed E-state index contributed by atoms with van der Waals surface area (Å²) < 4.78 is 10.8. The van der Waals surface area contributed by atoms with Crippen LogP contribution in [0.15, 0.2) is 30.3 Å². The van der Waals surface area contributed by atoms with Gasteiger partial charge in [-0.05, 0) is 43.1 Å². The van der Waals surface area contributed by atoms with Crippen molar-refractivity contribution < 1.29 is 19.1 Å². The first kappa shape index (κ1) is 17.8. The van der Waals surface area contributed by atoms with Crippen molar-refractivity contribution in [3.63, 3.8) is 0 Å². The number of rotatable bonds is 7. The van der Waals surface area contributed by atoms with Crippen LogP contribution in [0, 0.1) is 17.8 Å². The summed E-state index contributed by atoms with van der Waals surface area (Å²) in [6.45, 7) is 2.64. The molecule has 2 bridgehead atoms. The fourth-order valence-electron chi connectivity index (χ4n) is 4.24. The first-order valence-electron chi connectivity index (χ1n) is 9.30. The number of nitrogens with one attached hydrogen (secondary N) is 1. The lowest BCUT2D eigenvalue weighted by atomic mass is 9.85. The second-order valence-corrected chi connectivity index (χ2v) is 7.16. The zero-order valence-electron chi connectivity index (χ0n) is 14.8. The van der Waals surface area contributed by atoms with Gasteiger partial charge in [-0.1, -0.05) is 37.3 Å². The first-order chi connectivity index (χ1) is 12.2. The molecule has 136 valence electrons. The maximum absolute atomic E-state index is 12.2. The van der Waals surface area contributed by atoms with Gasteiger partial charge in [-0.2, -0.15) is 0 Å². The van der Waals surface area contributed by atoms with E-state index < -0.39 is 0 Å². The Hall–Kier alpha value is -2.04. The number of hydrogen-bond donors (Lipinski definition) is 1. The third kappa shape index (κ3) is 4.53. The van der Waals surface area contributed by atoms with Crippen molar-refractivity contribution in [2.45, 2.75) is 51.7 Å². The summed E-state index contributed by atoms with van der Waals surface area (Å²) >= 11 is 0. The molecule has 5 nitrogen and oxygen atoms in total. The highest BCUT2D eigenvalue weighted by Crippen LogP contribution is 2.48. The van der Waals surface area contributed by atoms with Crippen LogP contribution in [0.3, 0.4) is 0 Å². The van der Waals surface area contributed by atoms with Crippen molar-refractivity contribution in [3.8, 4) is 0 Å². The number of alkyl carbamates (subject to hydrolysis) is 1. The topological polar surface area (TPSA) is 64.6 Å². The average Bonchev–Trinajstić information content (AvgIpc) is 3.21. The van der Waals surface area contributed by atoms with E-state index in [0.717, 1.165) is 31.2 Å². The van der Waals surface area contributed by atoms with Crippen LogP contribution in [0.5, 0.6) is 0 Å². The number of amides is 1. The van der Waals surface area contributed by atoms with E-state index in [1.165, 1.54) is 0 Å². The molecule has 2 aliphatic carbocycles. The van der Waals surface area contributed by atoms with Gasteiger partial charge in [0.2, 0.25) is 0 Å². The Morgan fingerprint density at radius 2 is 1.88 bits per heavy atom. The van der Waals surface area contributed by atoms with E-state index in [0.29, 0.717) is 24.9 Å². The number of esters is 1. The first-order valence-corrected chi connectivity index (χ1v) is 9.30. The lowest BCUT2D eigenvalue weighted by Crippen LogP contribution is -2.45. The van der Waals surface area contributed by atoms with Crippen LogP contribution in [0.25, 0.3) is 0 Å². The van der Waals surface area contributed by atoms with E-state index in [1.54, 1.807) is 0 Å². The van der Waals surface area contributed by atoms with Crippen LogP contribution in [0.2, 0.25) is 0 Å². The number of benzene rings is 1. The Bertz CT molecular complexity index is 589. The molecule has 1 aromatic rings. The molecular weight excluding hydrogens is 318 g/mol. The molecule has 5 heteroatoms. The van der Waals surface area contributed by atoms with Gasteiger partial charge in [0.15, 0.2) is 0 Å². The van der Waals surface area contributed by atoms with Crippen LogP contribution in [-0.4, -0.2) is 24.7 Å². The second kappa shape index (κ2) is 8.37. The van der Waals surface area contributed by atoms with Crippen LogP contribution in [0.4, 0.5) is 4.79 Å². The van der Waals surface area contributed by atoms with Crippen LogP contribution in [0.1, 0.15) is 44.6 Å². The molecule has 1 N–H and O–H groups in total. The smallest absolute Gasteiger partial charge is 0.407 e. The molecule has 0 radical (unpaired) electrons. The molecule has 0 aliphatic heterocycles. The third-order valence-corrected chi connectivity index (χ3v) is 5.48. The van der Waals surface area contributed by atoms with Gasteiger partial charge >= 0.3 is 12.1 Å². The fourth-order valence-corrected chi connectivity index (χ4v) is 4.24. The van der Waals surface area contributed by atoms with Crippen LogP contribution in [-0.2, 0) is 20.9 Å². The number of hydrogen-bond acceptors (Lipinski definition) is 4. The summed E-state index contributed by atoms with van der Waals surface area (Å²) in [5.41, 5.74) is 0.968. The van der Waals surface area contributed by atoms with Gasteiger partial charge < -0.3 is 14.8 Å². The highest BCUT2D eigenvalue weighted by molar-refractivity contribution is 5.69. The van der Waals surface area contributed by atoms with Gasteiger partial charge in [0.1, 0.15) is 6.61 Å². The predicted octanol–water partition coefficient (Wildman–Crippen LogP) is 3.67. The second-order valence-electron chi connectivity index (χ2n) is 7.16. The predicted molar refractivity (Wildman–Crippen MR) is 93.7 cm³/mol. The Kier molecular flexibility index (Phi) is 5.95. The monoisotopic (exact) mass is 345 g/mol. The van der Waals surface area contributed by atoms with Gasteiger partial charge in [0, 0.05) is 18.4 Å². The Balaban J connectivity index is 1.50. The maximum Gasteiger partial charge on any atom is 0.407 e. The van der Waals surface area contributed by atoms with E-state index >= 15 is 0 Å². The number of fused-ring (bicyclic) bond motifs is 2. The molecule has 0 spiro atoms. The number of ether oxygens (including phenoxy) is 2. The van der Waals surface area contributed by atoms with Gasteiger partial charge in [0.25, 0.3) is 0 Å². The van der Waals surface area contributed by atoms with E-state index in [-0.39, 0.29) is 30.6 Å². The molecule has 1 amide bonds. The zero-order chi connectivity index (χ0) is 17.6. The summed E-state index contributed by atoms with van der Waals surface area (Å²) in [6, 6.07) is 9.70. The molecular formula is C20H27NO4. The Morgan fingerprint density at radius 1 is 1.12 bits per heavy atom. The van der Waals surface area contributed by atoms with Crippen LogP contribution >= 0.6 is 0 Å². The van der Waals surface area contributed by atoms with E-state index in [9.17, 15) is 9.59 Å². The quantitative estimate of drug-likeness (QED) is 0.766. The van der Waals surface area contributed by atoms with E-state index in [2.05, 4.69) is 5.32 Å². The Morgan fingerprint density at radius 3 is 2.64 bits per heavy atom. The van der Waals surface area contributed by atoms with Crippen molar-refractivity contribution in [2.24, 2.45) is 17.8 Å². The average molecular weight is 345 g/mol. The van der Waals surface area contributed by atoms with Crippen molar-refractivity contribution in [2.75, 3.05) is 6.61 Å². The molecule has 4 atom stereocenters. The third-order valence-electron chi connectivity index (χ3n) is 5.48. The molecule has 2 aliphatic rings. The van der Waals surface area contributed by atoms with Crippen molar-refractivity contribution >= 4 is 12.1 Å². The summed E-state index contributed by atoms with van der Waals surface area (Å²) in [7, 11) is 0.